The van der Waals surface area contributed by atoms with E-state index in [1.165, 1.54) is 0 Å². The smallest absolute Gasteiger partial charge is 0.244 e. The van der Waals surface area contributed by atoms with Crippen LogP contribution < -0.4 is 19.9 Å². The van der Waals surface area contributed by atoms with Crippen molar-refractivity contribution in [2.75, 3.05) is 6.79 Å². The zero-order chi connectivity index (χ0) is 20.9. The minimum absolute atomic E-state index is 0.0502. The number of benzene rings is 3. The van der Waals surface area contributed by atoms with Crippen LogP contribution in [0, 0.1) is 11.3 Å². The maximum atomic E-state index is 9.90. The van der Waals surface area contributed by atoms with Crippen LogP contribution in [-0.2, 0) is 0 Å². The third-order valence-corrected chi connectivity index (χ3v) is 5.71. The number of fused-ring (bicyclic) bond motifs is 3. The van der Waals surface area contributed by atoms with Crippen LogP contribution in [0.5, 0.6) is 17.4 Å². The minimum Gasteiger partial charge on any atom is -0.454 e. The highest BCUT2D eigenvalue weighted by atomic mass is 16.7. The minimum atomic E-state index is -0.455. The summed E-state index contributed by atoms with van der Waals surface area (Å²) in [6.07, 6.45) is 0. The largest absolute Gasteiger partial charge is 0.454 e. The third-order valence-electron chi connectivity index (χ3n) is 5.71. The van der Waals surface area contributed by atoms with E-state index in [0.29, 0.717) is 23.0 Å². The average Bonchev–Trinajstić information content (AvgIpc) is 3.44. The maximum absolute atomic E-state index is 9.90. The van der Waals surface area contributed by atoms with Crippen molar-refractivity contribution in [2.45, 2.75) is 5.92 Å². The second-order valence-electron chi connectivity index (χ2n) is 7.42. The average molecular weight is 408 g/mol. The molecule has 1 atom stereocenters. The first-order valence-electron chi connectivity index (χ1n) is 9.77. The first kappa shape index (κ1) is 17.4. The van der Waals surface area contributed by atoms with Crippen molar-refractivity contribution in [1.82, 2.24) is 10.2 Å². The second kappa shape index (κ2) is 6.54. The van der Waals surface area contributed by atoms with Crippen molar-refractivity contribution < 1.29 is 14.2 Å². The fraction of sp³-hybridized carbons (Fsp3) is 0.0833. The van der Waals surface area contributed by atoms with Crippen LogP contribution in [0.1, 0.15) is 17.0 Å². The lowest BCUT2D eigenvalue weighted by Gasteiger charge is -2.24. The van der Waals surface area contributed by atoms with Crippen LogP contribution in [-0.4, -0.2) is 17.0 Å². The van der Waals surface area contributed by atoms with Crippen molar-refractivity contribution in [1.29, 1.82) is 5.26 Å². The molecule has 1 unspecified atom stereocenters. The number of nitrogens with zero attached hydrogens (tertiary/aromatic N) is 2. The van der Waals surface area contributed by atoms with Gasteiger partial charge in [-0.2, -0.15) is 5.26 Å². The van der Waals surface area contributed by atoms with Crippen LogP contribution in [0.2, 0.25) is 0 Å². The molecule has 7 heteroatoms. The van der Waals surface area contributed by atoms with E-state index in [1.807, 2.05) is 36.4 Å². The molecule has 0 saturated carbocycles. The number of H-pyrrole nitrogens is 1. The van der Waals surface area contributed by atoms with Crippen LogP contribution in [0.3, 0.4) is 0 Å². The van der Waals surface area contributed by atoms with E-state index < -0.39 is 5.92 Å². The Morgan fingerprint density at radius 2 is 1.84 bits per heavy atom. The van der Waals surface area contributed by atoms with E-state index in [0.717, 1.165) is 33.2 Å². The first-order valence-corrected chi connectivity index (χ1v) is 9.77. The highest BCUT2D eigenvalue weighted by Crippen LogP contribution is 2.47. The molecule has 2 aliphatic rings. The summed E-state index contributed by atoms with van der Waals surface area (Å²) in [5, 5.41) is 19.6. The molecule has 2 aliphatic heterocycles. The summed E-state index contributed by atoms with van der Waals surface area (Å²) >= 11 is 0. The summed E-state index contributed by atoms with van der Waals surface area (Å²) in [5.74, 6) is 1.27. The van der Waals surface area contributed by atoms with E-state index in [4.69, 9.17) is 19.9 Å². The van der Waals surface area contributed by atoms with Gasteiger partial charge in [0.1, 0.15) is 11.6 Å². The van der Waals surface area contributed by atoms with E-state index in [-0.39, 0.29) is 12.7 Å². The Morgan fingerprint density at radius 3 is 2.71 bits per heavy atom. The number of nitrogens with two attached hydrogens (primary N) is 1. The fourth-order valence-corrected chi connectivity index (χ4v) is 4.24. The Morgan fingerprint density at radius 1 is 1.00 bits per heavy atom. The summed E-state index contributed by atoms with van der Waals surface area (Å²) in [7, 11) is 0. The number of nitriles is 1. The summed E-state index contributed by atoms with van der Waals surface area (Å²) in [4.78, 5) is 0. The molecule has 1 aromatic heterocycles. The summed E-state index contributed by atoms with van der Waals surface area (Å²) < 4.78 is 16.7. The van der Waals surface area contributed by atoms with Gasteiger partial charge in [0.15, 0.2) is 11.5 Å². The number of ether oxygens (including phenoxy) is 3. The van der Waals surface area contributed by atoms with E-state index in [9.17, 15) is 5.26 Å². The van der Waals surface area contributed by atoms with Gasteiger partial charge < -0.3 is 19.9 Å². The topological polar surface area (TPSA) is 106 Å². The molecule has 4 aromatic rings. The lowest BCUT2D eigenvalue weighted by Crippen LogP contribution is -2.21. The molecule has 3 heterocycles. The number of hydrogen-bond donors (Lipinski definition) is 2. The SMILES string of the molecule is N#CC1=C(N)Oc2n[nH]c(-c3ccc4ccccc4c3)c2C1c1ccc2c(c1)OCO2. The Kier molecular flexibility index (Phi) is 3.67. The Labute approximate surface area is 177 Å². The van der Waals surface area contributed by atoms with Crippen molar-refractivity contribution in [2.24, 2.45) is 5.73 Å². The van der Waals surface area contributed by atoms with Gasteiger partial charge in [-0.05, 0) is 34.5 Å². The number of allylic oxidation sites excluding steroid dienone is 1. The Hall–Kier alpha value is -4.44. The molecule has 3 aromatic carbocycles. The summed E-state index contributed by atoms with van der Waals surface area (Å²) in [5.41, 5.74) is 9.75. The lowest BCUT2D eigenvalue weighted by atomic mass is 9.82. The number of rotatable bonds is 2. The van der Waals surface area contributed by atoms with Crippen LogP contribution in [0.15, 0.2) is 72.1 Å². The predicted octanol–water partition coefficient (Wildman–Crippen LogP) is 4.18. The third kappa shape index (κ3) is 2.62. The van der Waals surface area contributed by atoms with Gasteiger partial charge in [0.05, 0.1) is 17.2 Å². The van der Waals surface area contributed by atoms with Crippen LogP contribution in [0.25, 0.3) is 22.0 Å². The molecule has 0 saturated heterocycles. The highest BCUT2D eigenvalue weighted by molar-refractivity contribution is 5.87. The molecule has 0 spiro atoms. The van der Waals surface area contributed by atoms with Crippen LogP contribution >= 0.6 is 0 Å². The maximum Gasteiger partial charge on any atom is 0.244 e. The number of nitrogens with one attached hydrogen (secondary N) is 1. The van der Waals surface area contributed by atoms with Crippen molar-refractivity contribution >= 4 is 10.8 Å². The molecule has 3 N–H and O–H groups in total. The standard InChI is InChI=1S/C24H16N4O3/c25-11-17-20(15-7-8-18-19(10-15)30-12-29-18)21-22(27-28-24(21)31-23(17)26)16-6-5-13-3-1-2-4-14(13)9-16/h1-10,20H,12,26H2,(H,27,28). The zero-order valence-electron chi connectivity index (χ0n) is 16.3. The fourth-order valence-electron chi connectivity index (χ4n) is 4.24. The van der Waals surface area contributed by atoms with E-state index in [2.05, 4.69) is 40.5 Å². The molecule has 0 aliphatic carbocycles. The number of aromatic amines is 1. The van der Waals surface area contributed by atoms with Gasteiger partial charge in [-0.15, -0.1) is 5.10 Å². The molecule has 0 amide bonds. The summed E-state index contributed by atoms with van der Waals surface area (Å²) in [6, 6.07) is 22.2. The van der Waals surface area contributed by atoms with Gasteiger partial charge >= 0.3 is 0 Å². The number of hydrogen-bond acceptors (Lipinski definition) is 6. The molecular formula is C24H16N4O3. The van der Waals surface area contributed by atoms with Gasteiger partial charge in [0.2, 0.25) is 18.6 Å². The van der Waals surface area contributed by atoms with Crippen molar-refractivity contribution in [3.63, 3.8) is 0 Å². The van der Waals surface area contributed by atoms with Crippen LogP contribution in [0.4, 0.5) is 0 Å². The molecule has 6 rings (SSSR count). The van der Waals surface area contributed by atoms with E-state index in [1.54, 1.807) is 0 Å². The highest BCUT2D eigenvalue weighted by Gasteiger charge is 2.36. The van der Waals surface area contributed by atoms with Gasteiger partial charge in [0.25, 0.3) is 0 Å². The number of aromatic nitrogens is 2. The quantitative estimate of drug-likeness (QED) is 0.515. The van der Waals surface area contributed by atoms with Gasteiger partial charge in [0, 0.05) is 5.56 Å². The Balaban J connectivity index is 1.56. The van der Waals surface area contributed by atoms with Gasteiger partial charge in [-0.1, -0.05) is 42.5 Å². The molecule has 31 heavy (non-hydrogen) atoms. The van der Waals surface area contributed by atoms with E-state index >= 15 is 0 Å². The molecular weight excluding hydrogens is 392 g/mol. The lowest BCUT2D eigenvalue weighted by molar-refractivity contribution is 0.174. The molecule has 0 radical (unpaired) electrons. The molecule has 7 nitrogen and oxygen atoms in total. The van der Waals surface area contributed by atoms with Gasteiger partial charge in [-0.25, -0.2) is 0 Å². The second-order valence-corrected chi connectivity index (χ2v) is 7.42. The molecule has 0 fully saturated rings. The zero-order valence-corrected chi connectivity index (χ0v) is 16.3. The first-order chi connectivity index (χ1) is 15.2. The molecule has 150 valence electrons. The Bertz CT molecular complexity index is 1430. The summed E-state index contributed by atoms with van der Waals surface area (Å²) in [6.45, 7) is 0.176. The van der Waals surface area contributed by atoms with Crippen molar-refractivity contribution in [3.8, 4) is 34.7 Å². The normalized spacial score (nSPS) is 16.7. The monoisotopic (exact) mass is 408 g/mol. The van der Waals surface area contributed by atoms with Gasteiger partial charge in [-0.3, -0.25) is 5.10 Å². The van der Waals surface area contributed by atoms with Crippen molar-refractivity contribution in [3.05, 3.63) is 83.2 Å². The predicted molar refractivity (Wildman–Crippen MR) is 113 cm³/mol. The molecule has 0 bridgehead atoms.